The fraction of sp³-hybridized carbons (Fsp3) is 0.400. The van der Waals surface area contributed by atoms with Gasteiger partial charge in [0.2, 0.25) is 17.7 Å². The molecule has 6 nitrogen and oxygen atoms in total. The van der Waals surface area contributed by atoms with E-state index in [4.69, 9.17) is 0 Å². The zero-order chi connectivity index (χ0) is 19.0. The molecule has 27 heavy (non-hydrogen) atoms. The second kappa shape index (κ2) is 7.23. The van der Waals surface area contributed by atoms with E-state index in [1.54, 1.807) is 0 Å². The van der Waals surface area contributed by atoms with Crippen LogP contribution in [0.1, 0.15) is 31.2 Å². The number of nitrogens with zero attached hydrogens (tertiary/aromatic N) is 2. The molecule has 2 fully saturated rings. The maximum absolute atomic E-state index is 12.5. The van der Waals surface area contributed by atoms with Gasteiger partial charge in [-0.1, -0.05) is 42.7 Å². The number of fused-ring (bicyclic) bond motifs is 1. The highest BCUT2D eigenvalue weighted by atomic mass is 32.1. The Morgan fingerprint density at radius 2 is 1.78 bits per heavy atom. The Hall–Kier alpha value is -2.54. The third-order valence-electron chi connectivity index (χ3n) is 5.33. The van der Waals surface area contributed by atoms with E-state index in [0.717, 1.165) is 41.8 Å². The Kier molecular flexibility index (Phi) is 4.78. The minimum Gasteiger partial charge on any atom is -0.300 e. The molecule has 0 spiro atoms. The molecule has 1 saturated heterocycles. The maximum Gasteiger partial charge on any atom is 0.246 e. The highest BCUT2D eigenvalue weighted by Gasteiger charge is 2.48. The molecule has 2 atom stereocenters. The fourth-order valence-corrected chi connectivity index (χ4v) is 4.61. The summed E-state index contributed by atoms with van der Waals surface area (Å²) in [5, 5.41) is 5.06. The number of imide groups is 1. The lowest BCUT2D eigenvalue weighted by molar-refractivity contribution is -0.142. The van der Waals surface area contributed by atoms with Gasteiger partial charge in [0.15, 0.2) is 5.13 Å². The summed E-state index contributed by atoms with van der Waals surface area (Å²) in [7, 11) is 0. The van der Waals surface area contributed by atoms with Crippen molar-refractivity contribution in [3.8, 4) is 11.3 Å². The van der Waals surface area contributed by atoms with Crippen molar-refractivity contribution in [2.45, 2.75) is 32.6 Å². The third kappa shape index (κ3) is 3.51. The zero-order valence-corrected chi connectivity index (χ0v) is 15.9. The van der Waals surface area contributed by atoms with Crippen LogP contribution in [0.25, 0.3) is 11.3 Å². The predicted molar refractivity (Wildman–Crippen MR) is 103 cm³/mol. The molecule has 1 aromatic carbocycles. The fourth-order valence-electron chi connectivity index (χ4n) is 3.88. The van der Waals surface area contributed by atoms with E-state index in [2.05, 4.69) is 10.3 Å². The summed E-state index contributed by atoms with van der Waals surface area (Å²) in [4.78, 5) is 42.9. The van der Waals surface area contributed by atoms with Crippen LogP contribution in [0.4, 0.5) is 5.13 Å². The largest absolute Gasteiger partial charge is 0.300 e. The molecule has 1 saturated carbocycles. The molecule has 4 rings (SSSR count). The average molecular weight is 383 g/mol. The van der Waals surface area contributed by atoms with Crippen molar-refractivity contribution in [1.82, 2.24) is 9.88 Å². The number of benzene rings is 1. The van der Waals surface area contributed by atoms with Gasteiger partial charge in [-0.2, -0.15) is 0 Å². The van der Waals surface area contributed by atoms with Crippen LogP contribution in [-0.2, 0) is 14.4 Å². The van der Waals surface area contributed by atoms with E-state index < -0.39 is 0 Å². The number of aromatic nitrogens is 1. The lowest BCUT2D eigenvalue weighted by Crippen LogP contribution is -2.38. The van der Waals surface area contributed by atoms with Crippen LogP contribution in [0, 0.1) is 18.8 Å². The van der Waals surface area contributed by atoms with Crippen molar-refractivity contribution < 1.29 is 14.4 Å². The zero-order valence-electron chi connectivity index (χ0n) is 15.1. The Labute approximate surface area is 161 Å². The first-order chi connectivity index (χ1) is 13.0. The summed E-state index contributed by atoms with van der Waals surface area (Å²) in [6.45, 7) is 1.79. The first-order valence-electron chi connectivity index (χ1n) is 9.20. The number of hydrogen-bond donors (Lipinski definition) is 1. The first-order valence-corrected chi connectivity index (χ1v) is 10.1. The van der Waals surface area contributed by atoms with E-state index in [0.29, 0.717) is 5.13 Å². The summed E-state index contributed by atoms with van der Waals surface area (Å²) in [5.41, 5.74) is 2.93. The molecule has 2 aliphatic rings. The van der Waals surface area contributed by atoms with Crippen molar-refractivity contribution >= 4 is 34.2 Å². The van der Waals surface area contributed by atoms with Crippen LogP contribution in [0.2, 0.25) is 0 Å². The molecule has 2 unspecified atom stereocenters. The Bertz CT molecular complexity index is 866. The van der Waals surface area contributed by atoms with E-state index >= 15 is 0 Å². The van der Waals surface area contributed by atoms with E-state index in [1.807, 2.05) is 36.6 Å². The second-order valence-corrected chi connectivity index (χ2v) is 8.07. The molecule has 1 N–H and O–H groups in total. The standard InChI is InChI=1S/C20H21N3O3S/c1-12-6-8-13(9-7-12)16-11-27-20(21-16)22-17(24)10-23-18(25)14-4-2-3-5-15(14)19(23)26/h6-9,11,14-15H,2-5,10H2,1H3,(H,21,22,24). The normalized spacial score (nSPS) is 22.0. The number of carbonyl (C=O) groups is 3. The number of carbonyl (C=O) groups excluding carboxylic acids is 3. The molecule has 140 valence electrons. The molecular formula is C20H21N3O3S. The van der Waals surface area contributed by atoms with Crippen molar-refractivity contribution in [3.63, 3.8) is 0 Å². The van der Waals surface area contributed by atoms with Crippen molar-refractivity contribution in [3.05, 3.63) is 35.2 Å². The minimum absolute atomic E-state index is 0.195. The summed E-state index contributed by atoms with van der Waals surface area (Å²) >= 11 is 1.33. The van der Waals surface area contributed by atoms with Crippen molar-refractivity contribution in [2.75, 3.05) is 11.9 Å². The number of likely N-dealkylation sites (tertiary alicyclic amines) is 1. The van der Waals surface area contributed by atoms with Gasteiger partial charge in [0.25, 0.3) is 0 Å². The molecule has 7 heteroatoms. The van der Waals surface area contributed by atoms with Crippen LogP contribution in [-0.4, -0.2) is 34.2 Å². The van der Waals surface area contributed by atoms with Crippen molar-refractivity contribution in [1.29, 1.82) is 0 Å². The lowest BCUT2D eigenvalue weighted by atomic mass is 9.81. The molecule has 1 aliphatic heterocycles. The van der Waals surface area contributed by atoms with Gasteiger partial charge in [0.05, 0.1) is 17.5 Å². The van der Waals surface area contributed by atoms with Crippen LogP contribution in [0.5, 0.6) is 0 Å². The van der Waals surface area contributed by atoms with Crippen molar-refractivity contribution in [2.24, 2.45) is 11.8 Å². The molecule has 2 aromatic rings. The Morgan fingerprint density at radius 3 is 2.41 bits per heavy atom. The number of rotatable bonds is 4. The summed E-state index contributed by atoms with van der Waals surface area (Å²) in [6.07, 6.45) is 3.45. The predicted octanol–water partition coefficient (Wildman–Crippen LogP) is 3.23. The lowest BCUT2D eigenvalue weighted by Gasteiger charge is -2.19. The Morgan fingerprint density at radius 1 is 1.15 bits per heavy atom. The molecule has 3 amide bonds. The number of aryl methyl sites for hydroxylation is 1. The third-order valence-corrected chi connectivity index (χ3v) is 6.09. The highest BCUT2D eigenvalue weighted by Crippen LogP contribution is 2.37. The van der Waals surface area contributed by atoms with E-state index in [1.165, 1.54) is 16.9 Å². The molecule has 1 aromatic heterocycles. The van der Waals surface area contributed by atoms with Crippen LogP contribution in [0.15, 0.2) is 29.6 Å². The summed E-state index contributed by atoms with van der Waals surface area (Å²) in [5.74, 6) is -1.24. The van der Waals surface area contributed by atoms with Gasteiger partial charge >= 0.3 is 0 Å². The summed E-state index contributed by atoms with van der Waals surface area (Å²) in [6, 6.07) is 7.99. The van der Waals surface area contributed by atoms with Crippen LogP contribution in [0.3, 0.4) is 0 Å². The monoisotopic (exact) mass is 383 g/mol. The van der Waals surface area contributed by atoms with Gasteiger partial charge in [-0.25, -0.2) is 4.98 Å². The SMILES string of the molecule is Cc1ccc(-c2csc(NC(=O)CN3C(=O)C4CCCCC4C3=O)n2)cc1. The number of hydrogen-bond acceptors (Lipinski definition) is 5. The second-order valence-electron chi connectivity index (χ2n) is 7.21. The number of amides is 3. The van der Waals surface area contributed by atoms with Crippen LogP contribution >= 0.6 is 11.3 Å². The molecule has 2 heterocycles. The maximum atomic E-state index is 12.5. The quantitative estimate of drug-likeness (QED) is 0.822. The van der Waals surface area contributed by atoms with Crippen LogP contribution < -0.4 is 5.32 Å². The number of thiazole rings is 1. The minimum atomic E-state index is -0.389. The smallest absolute Gasteiger partial charge is 0.246 e. The van der Waals surface area contributed by atoms with E-state index in [9.17, 15) is 14.4 Å². The topological polar surface area (TPSA) is 79.4 Å². The van der Waals surface area contributed by atoms with Gasteiger partial charge in [0, 0.05) is 10.9 Å². The molecule has 1 aliphatic carbocycles. The molecule has 0 radical (unpaired) electrons. The number of anilines is 1. The van der Waals surface area contributed by atoms with Gasteiger partial charge in [-0.05, 0) is 19.8 Å². The van der Waals surface area contributed by atoms with Gasteiger partial charge in [-0.15, -0.1) is 11.3 Å². The number of nitrogens with one attached hydrogen (secondary N) is 1. The van der Waals surface area contributed by atoms with Gasteiger partial charge < -0.3 is 5.32 Å². The molecule has 0 bridgehead atoms. The van der Waals surface area contributed by atoms with E-state index in [-0.39, 0.29) is 36.1 Å². The van der Waals surface area contributed by atoms with Gasteiger partial charge in [0.1, 0.15) is 6.54 Å². The molecular weight excluding hydrogens is 362 g/mol. The summed E-state index contributed by atoms with van der Waals surface area (Å²) < 4.78 is 0. The van der Waals surface area contributed by atoms with Gasteiger partial charge in [-0.3, -0.25) is 19.3 Å². The highest BCUT2D eigenvalue weighted by molar-refractivity contribution is 7.14. The average Bonchev–Trinajstić information content (AvgIpc) is 3.22. The Balaban J connectivity index is 1.40. The first kappa shape index (κ1) is 17.9.